The van der Waals surface area contributed by atoms with Crippen molar-refractivity contribution in [3.8, 4) is 0 Å². The van der Waals surface area contributed by atoms with Gasteiger partial charge < -0.3 is 20.4 Å². The number of amides is 4. The molecule has 192 valence electrons. The van der Waals surface area contributed by atoms with Crippen molar-refractivity contribution in [1.29, 1.82) is 0 Å². The van der Waals surface area contributed by atoms with E-state index in [0.717, 1.165) is 12.1 Å². The van der Waals surface area contributed by atoms with Crippen LogP contribution in [0.4, 0.5) is 20.2 Å². The van der Waals surface area contributed by atoms with Crippen LogP contribution in [0.5, 0.6) is 0 Å². The molecule has 4 amide bonds. The summed E-state index contributed by atoms with van der Waals surface area (Å²) in [6.07, 6.45) is -0.356. The van der Waals surface area contributed by atoms with Gasteiger partial charge in [0.1, 0.15) is 17.7 Å². The molecule has 1 atom stereocenters. The van der Waals surface area contributed by atoms with Crippen LogP contribution in [-0.4, -0.2) is 47.8 Å². The zero-order valence-electron chi connectivity index (χ0n) is 20.8. The van der Waals surface area contributed by atoms with Crippen molar-refractivity contribution in [2.24, 2.45) is 0 Å². The fourth-order valence-electron chi connectivity index (χ4n) is 4.21. The van der Waals surface area contributed by atoms with E-state index in [1.54, 1.807) is 52.0 Å². The fraction of sp³-hybridized carbons (Fsp3) is 0.385. The number of nitrogens with zero attached hydrogens (tertiary/aromatic N) is 2. The van der Waals surface area contributed by atoms with Gasteiger partial charge in [-0.2, -0.15) is 0 Å². The number of fused-ring (bicyclic) bond motifs is 1. The molecular formula is C26H30F2N4O4. The number of carbonyl (C=O) groups is 4. The Kier molecular flexibility index (Phi) is 8.07. The molecule has 2 N–H and O–H groups in total. The van der Waals surface area contributed by atoms with Crippen LogP contribution >= 0.6 is 0 Å². The van der Waals surface area contributed by atoms with E-state index in [9.17, 15) is 28.0 Å². The quantitative estimate of drug-likeness (QED) is 0.571. The lowest BCUT2D eigenvalue weighted by molar-refractivity contribution is -0.135. The summed E-state index contributed by atoms with van der Waals surface area (Å²) in [6.45, 7) is 8.62. The Hall–Kier alpha value is -3.82. The molecule has 10 heteroatoms. The third-order valence-corrected chi connectivity index (χ3v) is 5.75. The zero-order valence-corrected chi connectivity index (χ0v) is 20.8. The molecule has 0 fully saturated rings. The fourth-order valence-corrected chi connectivity index (χ4v) is 4.21. The number of nitrogens with one attached hydrogen (secondary N) is 2. The lowest BCUT2D eigenvalue weighted by atomic mass is 10.1. The highest BCUT2D eigenvalue weighted by molar-refractivity contribution is 6.22. The molecule has 0 aliphatic carbocycles. The van der Waals surface area contributed by atoms with E-state index in [-0.39, 0.29) is 24.1 Å². The Morgan fingerprint density at radius 2 is 1.33 bits per heavy atom. The van der Waals surface area contributed by atoms with E-state index in [4.69, 9.17) is 0 Å². The van der Waals surface area contributed by atoms with Gasteiger partial charge >= 0.3 is 0 Å². The van der Waals surface area contributed by atoms with Crippen molar-refractivity contribution < 1.29 is 28.0 Å². The predicted molar refractivity (Wildman–Crippen MR) is 131 cm³/mol. The SMILES string of the molecule is CC(C)N1C(=O)C(NC(=O)[C@H](C)NC(=O)Cc2cc(F)cc(F)c2)C(=O)N(C(C)C)c2ccccc21. The summed E-state index contributed by atoms with van der Waals surface area (Å²) in [7, 11) is 0. The summed E-state index contributed by atoms with van der Waals surface area (Å²) in [5, 5.41) is 4.94. The van der Waals surface area contributed by atoms with E-state index in [2.05, 4.69) is 10.6 Å². The van der Waals surface area contributed by atoms with Crippen LogP contribution in [-0.2, 0) is 25.6 Å². The maximum Gasteiger partial charge on any atom is 0.259 e. The van der Waals surface area contributed by atoms with E-state index < -0.39 is 47.3 Å². The highest BCUT2D eigenvalue weighted by atomic mass is 19.1. The summed E-state index contributed by atoms with van der Waals surface area (Å²) in [4.78, 5) is 55.3. The molecule has 0 spiro atoms. The van der Waals surface area contributed by atoms with E-state index in [0.29, 0.717) is 17.4 Å². The van der Waals surface area contributed by atoms with Gasteiger partial charge in [-0.05, 0) is 64.4 Å². The highest BCUT2D eigenvalue weighted by Gasteiger charge is 2.43. The molecular weight excluding hydrogens is 470 g/mol. The van der Waals surface area contributed by atoms with Gasteiger partial charge in [0.15, 0.2) is 6.04 Å². The van der Waals surface area contributed by atoms with Crippen LogP contribution in [0.15, 0.2) is 42.5 Å². The smallest absolute Gasteiger partial charge is 0.259 e. The minimum atomic E-state index is -1.51. The Balaban J connectivity index is 1.80. The highest BCUT2D eigenvalue weighted by Crippen LogP contribution is 2.35. The third-order valence-electron chi connectivity index (χ3n) is 5.75. The van der Waals surface area contributed by atoms with Crippen molar-refractivity contribution in [3.63, 3.8) is 0 Å². The Morgan fingerprint density at radius 1 is 0.861 bits per heavy atom. The Bertz CT molecular complexity index is 1120. The second kappa shape index (κ2) is 10.8. The zero-order chi connectivity index (χ0) is 26.7. The summed E-state index contributed by atoms with van der Waals surface area (Å²) in [5.41, 5.74) is 1.21. The molecule has 1 aliphatic rings. The average Bonchev–Trinajstić information content (AvgIpc) is 2.85. The molecule has 3 rings (SSSR count). The van der Waals surface area contributed by atoms with E-state index >= 15 is 0 Å². The van der Waals surface area contributed by atoms with Crippen LogP contribution in [0, 0.1) is 11.6 Å². The van der Waals surface area contributed by atoms with Crippen LogP contribution in [0.1, 0.15) is 40.2 Å². The van der Waals surface area contributed by atoms with Crippen molar-refractivity contribution >= 4 is 35.0 Å². The summed E-state index contributed by atoms with van der Waals surface area (Å²) in [5.74, 6) is -4.22. The number of hydrogen-bond acceptors (Lipinski definition) is 4. The number of hydrogen-bond donors (Lipinski definition) is 2. The van der Waals surface area contributed by atoms with Crippen molar-refractivity contribution in [1.82, 2.24) is 10.6 Å². The number of benzene rings is 2. The predicted octanol–water partition coefficient (Wildman–Crippen LogP) is 2.69. The first-order valence-corrected chi connectivity index (χ1v) is 11.7. The van der Waals surface area contributed by atoms with Gasteiger partial charge in [-0.25, -0.2) is 8.78 Å². The van der Waals surface area contributed by atoms with Crippen molar-refractivity contribution in [2.45, 2.75) is 65.2 Å². The van der Waals surface area contributed by atoms with Gasteiger partial charge in [-0.3, -0.25) is 19.2 Å². The monoisotopic (exact) mass is 500 g/mol. The number of anilines is 2. The number of para-hydroxylation sites is 2. The molecule has 8 nitrogen and oxygen atoms in total. The maximum atomic E-state index is 13.5. The van der Waals surface area contributed by atoms with Crippen LogP contribution in [0.2, 0.25) is 0 Å². The standard InChI is InChI=1S/C26H30F2N4O4/c1-14(2)31-20-8-6-7-9-21(20)32(15(3)4)26(36)23(25(31)35)30-24(34)16(5)29-22(33)12-17-10-18(27)13-19(28)11-17/h6-11,13-16,23H,12H2,1-5H3,(H,29,33)(H,30,34)/t16-/m0/s1. The second-order valence-electron chi connectivity index (χ2n) is 9.28. The average molecular weight is 501 g/mol. The van der Waals surface area contributed by atoms with Gasteiger partial charge in [0.2, 0.25) is 11.8 Å². The molecule has 1 heterocycles. The second-order valence-corrected chi connectivity index (χ2v) is 9.28. The van der Waals surface area contributed by atoms with Crippen molar-refractivity contribution in [2.75, 3.05) is 9.80 Å². The van der Waals surface area contributed by atoms with E-state index in [1.807, 2.05) is 0 Å². The number of carbonyl (C=O) groups excluding carboxylic acids is 4. The first kappa shape index (κ1) is 26.8. The molecule has 1 aliphatic heterocycles. The molecule has 0 radical (unpaired) electrons. The molecule has 0 aromatic heterocycles. The van der Waals surface area contributed by atoms with E-state index in [1.165, 1.54) is 16.7 Å². The topological polar surface area (TPSA) is 98.8 Å². The molecule has 36 heavy (non-hydrogen) atoms. The van der Waals surface area contributed by atoms with Crippen LogP contribution in [0.3, 0.4) is 0 Å². The molecule has 0 saturated heterocycles. The van der Waals surface area contributed by atoms with Gasteiger partial charge in [0.25, 0.3) is 11.8 Å². The molecule has 0 bridgehead atoms. The summed E-state index contributed by atoms with van der Waals surface area (Å²) < 4.78 is 26.8. The summed E-state index contributed by atoms with van der Waals surface area (Å²) in [6, 6.07) is 6.53. The first-order valence-electron chi connectivity index (χ1n) is 11.7. The van der Waals surface area contributed by atoms with Gasteiger partial charge in [0, 0.05) is 18.2 Å². The number of rotatable bonds is 7. The molecule has 2 aromatic rings. The van der Waals surface area contributed by atoms with Gasteiger partial charge in [0.05, 0.1) is 17.8 Å². The van der Waals surface area contributed by atoms with Crippen LogP contribution in [0.25, 0.3) is 0 Å². The third kappa shape index (κ3) is 5.69. The Morgan fingerprint density at radius 3 is 1.78 bits per heavy atom. The lowest BCUT2D eigenvalue weighted by Crippen LogP contribution is -2.60. The molecule has 0 unspecified atom stereocenters. The first-order chi connectivity index (χ1) is 16.9. The van der Waals surface area contributed by atoms with Gasteiger partial charge in [-0.15, -0.1) is 0 Å². The van der Waals surface area contributed by atoms with Crippen molar-refractivity contribution in [3.05, 3.63) is 59.7 Å². The maximum absolute atomic E-state index is 13.5. The Labute approximate surface area is 208 Å². The minimum absolute atomic E-state index is 0.102. The normalized spacial score (nSPS) is 15.1. The largest absolute Gasteiger partial charge is 0.344 e. The van der Waals surface area contributed by atoms with Crippen LogP contribution < -0.4 is 20.4 Å². The van der Waals surface area contributed by atoms with Gasteiger partial charge in [-0.1, -0.05) is 12.1 Å². The number of halogens is 2. The lowest BCUT2D eigenvalue weighted by Gasteiger charge is -2.29. The minimum Gasteiger partial charge on any atom is -0.344 e. The molecule has 2 aromatic carbocycles. The molecule has 0 saturated carbocycles. The summed E-state index contributed by atoms with van der Waals surface area (Å²) >= 11 is 0.